The quantitative estimate of drug-likeness (QED) is 0.310. The van der Waals surface area contributed by atoms with Gasteiger partial charge in [-0.15, -0.1) is 6.58 Å². The summed E-state index contributed by atoms with van der Waals surface area (Å²) in [5.41, 5.74) is 9.04. The summed E-state index contributed by atoms with van der Waals surface area (Å²) in [6, 6.07) is 0. The zero-order valence-electron chi connectivity index (χ0n) is 18.3. The van der Waals surface area contributed by atoms with Crippen molar-refractivity contribution in [2.45, 2.75) is 89.0 Å². The molecule has 0 rings (SSSR count). The third kappa shape index (κ3) is 6.11. The molecule has 0 aromatic rings. The molecule has 1 atom stereocenters. The lowest BCUT2D eigenvalue weighted by Gasteiger charge is -2.27. The second-order valence-corrected chi connectivity index (χ2v) is 8.37. The lowest BCUT2D eigenvalue weighted by atomic mass is 9.78. The molecule has 0 aromatic carbocycles. The molecule has 0 heteroatoms. The van der Waals surface area contributed by atoms with E-state index in [-0.39, 0.29) is 5.41 Å². The maximum absolute atomic E-state index is 4.00. The van der Waals surface area contributed by atoms with Crippen LogP contribution in [0.15, 0.2) is 46.1 Å². The average molecular weight is 330 g/mol. The third-order valence-corrected chi connectivity index (χ3v) is 5.67. The molecule has 0 saturated heterocycles. The van der Waals surface area contributed by atoms with Crippen molar-refractivity contribution in [3.63, 3.8) is 0 Å². The fourth-order valence-corrected chi connectivity index (χ4v) is 3.46. The Balaban J connectivity index is 6.04. The van der Waals surface area contributed by atoms with E-state index in [0.717, 1.165) is 12.8 Å². The highest BCUT2D eigenvalue weighted by Crippen LogP contribution is 2.36. The number of rotatable bonds is 8. The van der Waals surface area contributed by atoms with Crippen molar-refractivity contribution in [3.05, 3.63) is 52.0 Å². The van der Waals surface area contributed by atoms with Gasteiger partial charge in [0.25, 0.3) is 0 Å². The molecular formula is C24H41. The Bertz CT molecular complexity index is 532. The van der Waals surface area contributed by atoms with Crippen molar-refractivity contribution in [1.82, 2.24) is 0 Å². The Morgan fingerprint density at radius 1 is 0.917 bits per heavy atom. The van der Waals surface area contributed by atoms with Crippen LogP contribution in [-0.2, 0) is 0 Å². The van der Waals surface area contributed by atoms with Gasteiger partial charge >= 0.3 is 0 Å². The normalized spacial score (nSPS) is 17.2. The van der Waals surface area contributed by atoms with Gasteiger partial charge in [-0.3, -0.25) is 0 Å². The first-order chi connectivity index (χ1) is 10.9. The predicted molar refractivity (Wildman–Crippen MR) is 112 cm³/mol. The van der Waals surface area contributed by atoms with Gasteiger partial charge in [-0.25, -0.2) is 0 Å². The first-order valence-electron chi connectivity index (χ1n) is 9.37. The Hall–Kier alpha value is -1.04. The van der Waals surface area contributed by atoms with Gasteiger partial charge in [0, 0.05) is 0 Å². The molecule has 1 radical (unpaired) electrons. The Labute approximate surface area is 152 Å². The van der Waals surface area contributed by atoms with Crippen molar-refractivity contribution in [2.24, 2.45) is 11.3 Å². The van der Waals surface area contributed by atoms with Crippen LogP contribution in [0.3, 0.4) is 0 Å². The highest BCUT2D eigenvalue weighted by atomic mass is 14.3. The number of hydrogen-bond donors (Lipinski definition) is 0. The van der Waals surface area contributed by atoms with E-state index in [4.69, 9.17) is 0 Å². The largest absolute Gasteiger partial charge is 0.103 e. The monoisotopic (exact) mass is 329 g/mol. The lowest BCUT2D eigenvalue weighted by molar-refractivity contribution is 0.475. The SMILES string of the molecule is C=CC(C)(C)CC(C)=C([C](C)C)C(C)=C(C)C(C)C(C)=C(C)CC. The topological polar surface area (TPSA) is 0 Å². The van der Waals surface area contributed by atoms with E-state index >= 15 is 0 Å². The van der Waals surface area contributed by atoms with Crippen LogP contribution in [0.2, 0.25) is 0 Å². The summed E-state index contributed by atoms with van der Waals surface area (Å²) in [4.78, 5) is 0. The van der Waals surface area contributed by atoms with Crippen LogP contribution < -0.4 is 0 Å². The highest BCUT2D eigenvalue weighted by molar-refractivity contribution is 5.47. The zero-order valence-corrected chi connectivity index (χ0v) is 18.3. The van der Waals surface area contributed by atoms with E-state index in [1.54, 1.807) is 0 Å². The molecule has 1 unspecified atom stereocenters. The molecule has 0 spiro atoms. The van der Waals surface area contributed by atoms with Gasteiger partial charge in [0.2, 0.25) is 0 Å². The van der Waals surface area contributed by atoms with Crippen molar-refractivity contribution in [2.75, 3.05) is 0 Å². The fraction of sp³-hybridized carbons (Fsp3) is 0.625. The summed E-state index contributed by atoms with van der Waals surface area (Å²) in [6.07, 6.45) is 4.26. The molecule has 0 heterocycles. The number of hydrogen-bond acceptors (Lipinski definition) is 0. The molecule has 0 nitrogen and oxygen atoms in total. The summed E-state index contributed by atoms with van der Waals surface area (Å²) in [7, 11) is 0. The van der Waals surface area contributed by atoms with Gasteiger partial charge in [0.05, 0.1) is 0 Å². The summed E-state index contributed by atoms with van der Waals surface area (Å²) < 4.78 is 0. The minimum Gasteiger partial charge on any atom is -0.103 e. The van der Waals surface area contributed by atoms with Gasteiger partial charge in [0.15, 0.2) is 0 Å². The lowest BCUT2D eigenvalue weighted by Crippen LogP contribution is -2.11. The second-order valence-electron chi connectivity index (χ2n) is 8.37. The van der Waals surface area contributed by atoms with Gasteiger partial charge in [0.1, 0.15) is 0 Å². The van der Waals surface area contributed by atoms with Crippen LogP contribution in [0.5, 0.6) is 0 Å². The Morgan fingerprint density at radius 3 is 1.79 bits per heavy atom. The van der Waals surface area contributed by atoms with E-state index in [0.29, 0.717) is 5.92 Å². The summed E-state index contributed by atoms with van der Waals surface area (Å²) in [5, 5.41) is 0. The molecule has 0 N–H and O–H groups in total. The average Bonchev–Trinajstić information content (AvgIpc) is 2.50. The molecule has 0 fully saturated rings. The summed E-state index contributed by atoms with van der Waals surface area (Å²) in [6.45, 7) is 29.0. The number of allylic oxidation sites excluding steroid dienone is 7. The van der Waals surface area contributed by atoms with E-state index in [1.165, 1.54) is 39.4 Å². The molecule has 137 valence electrons. The van der Waals surface area contributed by atoms with Crippen molar-refractivity contribution >= 4 is 0 Å². The third-order valence-electron chi connectivity index (χ3n) is 5.67. The molecular weight excluding hydrogens is 288 g/mol. The fourth-order valence-electron chi connectivity index (χ4n) is 3.46. The molecule has 0 aromatic heterocycles. The predicted octanol–water partition coefficient (Wildman–Crippen LogP) is 8.24. The minimum atomic E-state index is 0.138. The van der Waals surface area contributed by atoms with Gasteiger partial charge < -0.3 is 0 Å². The molecule has 24 heavy (non-hydrogen) atoms. The minimum absolute atomic E-state index is 0.138. The first-order valence-corrected chi connectivity index (χ1v) is 9.37. The maximum Gasteiger partial charge on any atom is -0.000990 e. The smallest absolute Gasteiger partial charge is 0.000990 e. The molecule has 0 bridgehead atoms. The highest BCUT2D eigenvalue weighted by Gasteiger charge is 2.20. The van der Waals surface area contributed by atoms with Gasteiger partial charge in [-0.1, -0.05) is 69.9 Å². The standard InChI is InChI=1S/C24H41/c1-13-17(5)19(7)20(8)21(9)22(10)23(16(3)4)18(6)15-24(11,12)14-2/h14,20H,2,13,15H2,1,3-12H3. The van der Waals surface area contributed by atoms with Crippen molar-refractivity contribution in [1.29, 1.82) is 0 Å². The maximum atomic E-state index is 4.00. The molecule has 0 aliphatic carbocycles. The van der Waals surface area contributed by atoms with Crippen LogP contribution in [0.4, 0.5) is 0 Å². The first kappa shape index (κ1) is 23.0. The van der Waals surface area contributed by atoms with Crippen LogP contribution in [0.25, 0.3) is 0 Å². The summed E-state index contributed by atoms with van der Waals surface area (Å²) >= 11 is 0. The van der Waals surface area contributed by atoms with E-state index in [1.807, 2.05) is 0 Å². The van der Waals surface area contributed by atoms with Crippen LogP contribution in [0.1, 0.15) is 89.0 Å². The van der Waals surface area contributed by atoms with Gasteiger partial charge in [-0.2, -0.15) is 0 Å². The zero-order chi connectivity index (χ0) is 19.2. The van der Waals surface area contributed by atoms with Crippen molar-refractivity contribution in [3.8, 4) is 0 Å². The van der Waals surface area contributed by atoms with E-state index in [9.17, 15) is 0 Å². The van der Waals surface area contributed by atoms with E-state index < -0.39 is 0 Å². The van der Waals surface area contributed by atoms with Crippen LogP contribution >= 0.6 is 0 Å². The van der Waals surface area contributed by atoms with Crippen molar-refractivity contribution < 1.29 is 0 Å². The van der Waals surface area contributed by atoms with E-state index in [2.05, 4.69) is 88.8 Å². The van der Waals surface area contributed by atoms with Crippen LogP contribution in [-0.4, -0.2) is 0 Å². The van der Waals surface area contributed by atoms with Gasteiger partial charge in [-0.05, 0) is 75.9 Å². The molecule has 0 aliphatic heterocycles. The Morgan fingerprint density at radius 2 is 1.42 bits per heavy atom. The molecule has 0 saturated carbocycles. The molecule has 0 aliphatic rings. The summed E-state index contributed by atoms with van der Waals surface area (Å²) in [5.74, 6) is 1.91. The second kappa shape index (κ2) is 9.44. The Kier molecular flexibility index (Phi) is 9.04. The van der Waals surface area contributed by atoms with Crippen LogP contribution in [0, 0.1) is 17.3 Å². The molecule has 0 amide bonds.